The summed E-state index contributed by atoms with van der Waals surface area (Å²) in [4.78, 5) is 8.95. The van der Waals surface area contributed by atoms with E-state index < -0.39 is 0 Å². The zero-order valence-electron chi connectivity index (χ0n) is 17.1. The van der Waals surface area contributed by atoms with E-state index in [0.717, 1.165) is 54.5 Å². The number of aliphatic imine (C=N–C) groups is 1. The highest BCUT2D eigenvalue weighted by molar-refractivity contribution is 6.30. The van der Waals surface area contributed by atoms with E-state index in [1.807, 2.05) is 43.9 Å². The van der Waals surface area contributed by atoms with E-state index in [4.69, 9.17) is 20.8 Å². The molecule has 0 aliphatic carbocycles. The summed E-state index contributed by atoms with van der Waals surface area (Å²) in [7, 11) is 5.83. The molecule has 0 spiro atoms. The smallest absolute Gasteiger partial charge is 0.193 e. The molecule has 1 N–H and O–H groups in total. The lowest BCUT2D eigenvalue weighted by molar-refractivity contribution is 0.0123. The molecule has 8 heteroatoms. The Bertz CT molecular complexity index is 794. The van der Waals surface area contributed by atoms with Crippen LogP contribution in [-0.2, 0) is 18.3 Å². The molecule has 2 aromatic rings. The summed E-state index contributed by atoms with van der Waals surface area (Å²) >= 11 is 6.11. The number of furan rings is 1. The van der Waals surface area contributed by atoms with Crippen LogP contribution in [0.3, 0.4) is 0 Å². The summed E-state index contributed by atoms with van der Waals surface area (Å²) in [5, 5.41) is 4.26. The second-order valence-electron chi connectivity index (χ2n) is 7.16. The van der Waals surface area contributed by atoms with Gasteiger partial charge in [0, 0.05) is 52.7 Å². The van der Waals surface area contributed by atoms with Crippen LogP contribution in [0.5, 0.6) is 0 Å². The molecule has 1 aliphatic rings. The van der Waals surface area contributed by atoms with Gasteiger partial charge in [0.2, 0.25) is 0 Å². The molecule has 0 saturated carbocycles. The number of nitrogens with one attached hydrogen (secondary N) is 1. The molecule has 0 bridgehead atoms. The van der Waals surface area contributed by atoms with Gasteiger partial charge in [0.05, 0.1) is 30.8 Å². The minimum Gasteiger partial charge on any atom is -0.465 e. The second kappa shape index (κ2) is 9.49. The first-order chi connectivity index (χ1) is 13.5. The number of guanidine groups is 1. The van der Waals surface area contributed by atoms with Gasteiger partial charge in [0.25, 0.3) is 0 Å². The number of hydrogen-bond donors (Lipinski definition) is 1. The third kappa shape index (κ3) is 5.10. The Morgan fingerprint density at radius 2 is 2.11 bits per heavy atom. The highest BCUT2D eigenvalue weighted by atomic mass is 35.5. The average Bonchev–Trinajstić information content (AvgIpc) is 3.24. The highest BCUT2D eigenvalue weighted by Gasteiger charge is 2.25. The van der Waals surface area contributed by atoms with Crippen LogP contribution >= 0.6 is 11.6 Å². The molecule has 0 aromatic carbocycles. The van der Waals surface area contributed by atoms with Gasteiger partial charge in [-0.05, 0) is 25.1 Å². The van der Waals surface area contributed by atoms with Crippen LogP contribution in [0.1, 0.15) is 23.3 Å². The number of halogens is 1. The van der Waals surface area contributed by atoms with Gasteiger partial charge in [0.15, 0.2) is 5.96 Å². The van der Waals surface area contributed by atoms with E-state index in [2.05, 4.69) is 26.2 Å². The molecule has 7 nitrogen and oxygen atoms in total. The zero-order valence-corrected chi connectivity index (χ0v) is 17.9. The minimum absolute atomic E-state index is 0.132. The maximum Gasteiger partial charge on any atom is 0.193 e. The van der Waals surface area contributed by atoms with Crippen LogP contribution in [0.25, 0.3) is 0 Å². The lowest BCUT2D eigenvalue weighted by atomic mass is 10.1. The van der Waals surface area contributed by atoms with Crippen molar-refractivity contribution in [3.63, 3.8) is 0 Å². The van der Waals surface area contributed by atoms with Crippen molar-refractivity contribution < 1.29 is 9.15 Å². The molecule has 154 valence electrons. The quantitative estimate of drug-likeness (QED) is 0.589. The van der Waals surface area contributed by atoms with Crippen LogP contribution in [0.15, 0.2) is 33.8 Å². The van der Waals surface area contributed by atoms with Crippen LogP contribution in [-0.4, -0.2) is 67.3 Å². The Labute approximate surface area is 171 Å². The van der Waals surface area contributed by atoms with Gasteiger partial charge >= 0.3 is 0 Å². The summed E-state index contributed by atoms with van der Waals surface area (Å²) < 4.78 is 13.5. The molecule has 0 amide bonds. The molecular formula is C20H30ClN5O2. The largest absolute Gasteiger partial charge is 0.465 e. The molecule has 1 aliphatic heterocycles. The number of rotatable bonds is 6. The number of hydrogen-bond acceptors (Lipinski definition) is 4. The standard InChI is InChI=1S/C20H30ClN5O2/c1-15-5-6-19(28-15)18(26-7-9-27-10-8-26)12-23-20(22-2)25(4)14-17-11-16(21)13-24(17)3/h5-6,11,13,18H,7-10,12,14H2,1-4H3,(H,22,23). The molecule has 28 heavy (non-hydrogen) atoms. The minimum atomic E-state index is 0.132. The maximum atomic E-state index is 6.11. The Kier molecular flexibility index (Phi) is 7.04. The second-order valence-corrected chi connectivity index (χ2v) is 7.59. The lowest BCUT2D eigenvalue weighted by Crippen LogP contribution is -2.46. The highest BCUT2D eigenvalue weighted by Crippen LogP contribution is 2.23. The Hall–Kier alpha value is -1.96. The Morgan fingerprint density at radius 3 is 2.68 bits per heavy atom. The summed E-state index contributed by atoms with van der Waals surface area (Å²) in [6, 6.07) is 6.19. The predicted octanol–water partition coefficient (Wildman–Crippen LogP) is 2.66. The fourth-order valence-corrected chi connectivity index (χ4v) is 3.82. The Balaban J connectivity index is 1.67. The van der Waals surface area contributed by atoms with E-state index in [1.165, 1.54) is 0 Å². The number of aryl methyl sites for hydroxylation is 2. The van der Waals surface area contributed by atoms with Gasteiger partial charge in [-0.15, -0.1) is 0 Å². The average molecular weight is 408 g/mol. The van der Waals surface area contributed by atoms with Crippen LogP contribution in [0, 0.1) is 6.92 Å². The third-order valence-electron chi connectivity index (χ3n) is 5.08. The summed E-state index contributed by atoms with van der Waals surface area (Å²) in [6.45, 7) is 6.68. The SMILES string of the molecule is CN=C(NCC(c1ccc(C)o1)N1CCOCC1)N(C)Cc1cc(Cl)cn1C. The van der Waals surface area contributed by atoms with E-state index in [-0.39, 0.29) is 6.04 Å². The van der Waals surface area contributed by atoms with Crippen LogP contribution < -0.4 is 5.32 Å². The summed E-state index contributed by atoms with van der Waals surface area (Å²) in [6.07, 6.45) is 1.91. The van der Waals surface area contributed by atoms with Gasteiger partial charge in [-0.3, -0.25) is 9.89 Å². The summed E-state index contributed by atoms with van der Waals surface area (Å²) in [5.41, 5.74) is 1.13. The van der Waals surface area contributed by atoms with E-state index in [0.29, 0.717) is 13.1 Å². The van der Waals surface area contributed by atoms with Crippen molar-refractivity contribution in [2.24, 2.45) is 12.0 Å². The Morgan fingerprint density at radius 1 is 1.36 bits per heavy atom. The van der Waals surface area contributed by atoms with Gasteiger partial charge in [-0.2, -0.15) is 0 Å². The monoisotopic (exact) mass is 407 g/mol. The first kappa shape index (κ1) is 20.8. The van der Waals surface area contributed by atoms with Gasteiger partial charge in [0.1, 0.15) is 11.5 Å². The topological polar surface area (TPSA) is 58.2 Å². The normalized spacial score (nSPS) is 17.0. The molecule has 1 saturated heterocycles. The lowest BCUT2D eigenvalue weighted by Gasteiger charge is -2.34. The molecule has 1 unspecified atom stereocenters. The number of ether oxygens (including phenoxy) is 1. The van der Waals surface area contributed by atoms with Crippen molar-refractivity contribution in [1.29, 1.82) is 0 Å². The van der Waals surface area contributed by atoms with Crippen molar-refractivity contribution in [3.8, 4) is 0 Å². The van der Waals surface area contributed by atoms with Crippen molar-refractivity contribution in [1.82, 2.24) is 19.7 Å². The van der Waals surface area contributed by atoms with Crippen molar-refractivity contribution in [3.05, 3.63) is 46.6 Å². The predicted molar refractivity (Wildman–Crippen MR) is 112 cm³/mol. The van der Waals surface area contributed by atoms with Gasteiger partial charge < -0.3 is 23.9 Å². The first-order valence-electron chi connectivity index (χ1n) is 9.58. The van der Waals surface area contributed by atoms with Crippen molar-refractivity contribution >= 4 is 17.6 Å². The molecule has 3 heterocycles. The van der Waals surface area contributed by atoms with Crippen LogP contribution in [0.2, 0.25) is 5.02 Å². The van der Waals surface area contributed by atoms with E-state index >= 15 is 0 Å². The van der Waals surface area contributed by atoms with Crippen molar-refractivity contribution in [2.45, 2.75) is 19.5 Å². The maximum absolute atomic E-state index is 6.11. The van der Waals surface area contributed by atoms with Gasteiger partial charge in [-0.25, -0.2) is 0 Å². The fraction of sp³-hybridized carbons (Fsp3) is 0.550. The molecule has 0 radical (unpaired) electrons. The third-order valence-corrected chi connectivity index (χ3v) is 5.28. The fourth-order valence-electron chi connectivity index (χ4n) is 3.55. The van der Waals surface area contributed by atoms with Gasteiger partial charge in [-0.1, -0.05) is 11.6 Å². The summed E-state index contributed by atoms with van der Waals surface area (Å²) in [5.74, 6) is 2.73. The van der Waals surface area contributed by atoms with Crippen molar-refractivity contribution in [2.75, 3.05) is 46.9 Å². The van der Waals surface area contributed by atoms with E-state index in [1.54, 1.807) is 7.05 Å². The van der Waals surface area contributed by atoms with Crippen LogP contribution in [0.4, 0.5) is 0 Å². The molecule has 1 atom stereocenters. The molecule has 3 rings (SSSR count). The first-order valence-corrected chi connectivity index (χ1v) is 9.96. The number of nitrogens with zero attached hydrogens (tertiary/aromatic N) is 4. The molecule has 1 fully saturated rings. The zero-order chi connectivity index (χ0) is 20.1. The number of aromatic nitrogens is 1. The number of morpholine rings is 1. The molecule has 2 aromatic heterocycles. The van der Waals surface area contributed by atoms with E-state index in [9.17, 15) is 0 Å². The molecular weight excluding hydrogens is 378 g/mol.